The standard InChI is InChI=1S/C9H9FN2O4/c10-5-1-2-7(6(3-5)9(11)15)12-16-4-8(13)14/h1-3,12H,4H2,(H2,11,15)(H,13,14). The molecule has 0 saturated heterocycles. The minimum absolute atomic E-state index is 0.107. The fraction of sp³-hybridized carbons (Fsp3) is 0.111. The molecular formula is C9H9FN2O4. The molecule has 0 unspecified atom stereocenters. The molecule has 0 aliphatic heterocycles. The van der Waals surface area contributed by atoms with Gasteiger partial charge in [0.05, 0.1) is 11.3 Å². The van der Waals surface area contributed by atoms with Crippen molar-refractivity contribution in [1.29, 1.82) is 0 Å². The van der Waals surface area contributed by atoms with Crippen LogP contribution in [0.4, 0.5) is 10.1 Å². The molecule has 0 atom stereocenters. The van der Waals surface area contributed by atoms with E-state index in [0.717, 1.165) is 12.1 Å². The van der Waals surface area contributed by atoms with Crippen LogP contribution in [0.5, 0.6) is 0 Å². The molecule has 0 aliphatic rings. The van der Waals surface area contributed by atoms with Gasteiger partial charge in [0, 0.05) is 0 Å². The predicted octanol–water partition coefficient (Wildman–Crippen LogP) is 0.353. The number of hydrogen-bond acceptors (Lipinski definition) is 4. The number of carboxylic acids is 1. The van der Waals surface area contributed by atoms with Crippen LogP contribution in [0.3, 0.4) is 0 Å². The van der Waals surface area contributed by atoms with Gasteiger partial charge in [-0.1, -0.05) is 0 Å². The van der Waals surface area contributed by atoms with Crippen LogP contribution >= 0.6 is 0 Å². The molecule has 0 aromatic heterocycles. The Balaban J connectivity index is 2.78. The summed E-state index contributed by atoms with van der Waals surface area (Å²) in [7, 11) is 0. The van der Waals surface area contributed by atoms with Gasteiger partial charge >= 0.3 is 5.97 Å². The van der Waals surface area contributed by atoms with Gasteiger partial charge in [-0.25, -0.2) is 9.18 Å². The number of nitrogens with two attached hydrogens (primary N) is 1. The van der Waals surface area contributed by atoms with E-state index in [-0.39, 0.29) is 11.3 Å². The second-order valence-electron chi connectivity index (χ2n) is 2.84. The molecule has 0 fully saturated rings. The summed E-state index contributed by atoms with van der Waals surface area (Å²) < 4.78 is 12.8. The summed E-state index contributed by atoms with van der Waals surface area (Å²) >= 11 is 0. The van der Waals surface area contributed by atoms with Gasteiger partial charge in [-0.3, -0.25) is 15.1 Å². The van der Waals surface area contributed by atoms with Gasteiger partial charge in [0.1, 0.15) is 5.82 Å². The summed E-state index contributed by atoms with van der Waals surface area (Å²) in [6, 6.07) is 3.23. The lowest BCUT2D eigenvalue weighted by molar-refractivity contribution is -0.141. The summed E-state index contributed by atoms with van der Waals surface area (Å²) in [6.45, 7) is -0.602. The topological polar surface area (TPSA) is 102 Å². The minimum Gasteiger partial charge on any atom is -0.479 e. The highest BCUT2D eigenvalue weighted by molar-refractivity contribution is 5.98. The number of rotatable bonds is 5. The maximum absolute atomic E-state index is 12.8. The Morgan fingerprint density at radius 1 is 1.50 bits per heavy atom. The number of nitrogens with one attached hydrogen (secondary N) is 1. The number of carboxylic acid groups (broad SMARTS) is 1. The van der Waals surface area contributed by atoms with E-state index in [4.69, 9.17) is 10.8 Å². The Morgan fingerprint density at radius 3 is 2.75 bits per heavy atom. The number of halogens is 1. The van der Waals surface area contributed by atoms with Crippen molar-refractivity contribution >= 4 is 17.6 Å². The van der Waals surface area contributed by atoms with E-state index in [1.807, 2.05) is 0 Å². The third-order valence-corrected chi connectivity index (χ3v) is 1.62. The van der Waals surface area contributed by atoms with E-state index in [1.165, 1.54) is 6.07 Å². The average Bonchev–Trinajstić information content (AvgIpc) is 2.19. The van der Waals surface area contributed by atoms with Crippen LogP contribution in [-0.2, 0) is 9.63 Å². The number of amides is 1. The first-order chi connectivity index (χ1) is 7.50. The molecule has 0 radical (unpaired) electrons. The Bertz CT molecular complexity index is 422. The molecule has 0 spiro atoms. The van der Waals surface area contributed by atoms with Crippen molar-refractivity contribution in [3.63, 3.8) is 0 Å². The number of carbonyl (C=O) groups excluding carboxylic acids is 1. The Labute approximate surface area is 89.8 Å². The van der Waals surface area contributed by atoms with Gasteiger partial charge in [-0.2, -0.15) is 0 Å². The van der Waals surface area contributed by atoms with Crippen molar-refractivity contribution < 1.29 is 23.9 Å². The Morgan fingerprint density at radius 2 is 2.19 bits per heavy atom. The first-order valence-corrected chi connectivity index (χ1v) is 4.19. The molecule has 1 amide bonds. The fourth-order valence-corrected chi connectivity index (χ4v) is 0.985. The van der Waals surface area contributed by atoms with Crippen molar-refractivity contribution in [1.82, 2.24) is 0 Å². The minimum atomic E-state index is -1.18. The zero-order valence-corrected chi connectivity index (χ0v) is 8.07. The lowest BCUT2D eigenvalue weighted by Gasteiger charge is -2.08. The summed E-state index contributed by atoms with van der Waals surface area (Å²) in [5.41, 5.74) is 7.19. The summed E-state index contributed by atoms with van der Waals surface area (Å²) in [5.74, 6) is -2.66. The third kappa shape index (κ3) is 3.21. The predicted molar refractivity (Wildman–Crippen MR) is 52.1 cm³/mol. The highest BCUT2D eigenvalue weighted by Gasteiger charge is 2.09. The van der Waals surface area contributed by atoms with Crippen molar-refractivity contribution in [3.05, 3.63) is 29.6 Å². The van der Waals surface area contributed by atoms with Gasteiger partial charge in [0.25, 0.3) is 5.91 Å². The SMILES string of the molecule is NC(=O)c1cc(F)ccc1NOCC(=O)O. The second-order valence-corrected chi connectivity index (χ2v) is 2.84. The molecule has 7 heteroatoms. The highest BCUT2D eigenvalue weighted by atomic mass is 19.1. The molecule has 1 rings (SSSR count). The van der Waals surface area contributed by atoms with Crippen molar-refractivity contribution in [2.24, 2.45) is 5.73 Å². The number of primary amides is 1. The molecule has 86 valence electrons. The molecule has 0 heterocycles. The number of carbonyl (C=O) groups is 2. The number of benzene rings is 1. The molecule has 6 nitrogen and oxygen atoms in total. The van der Waals surface area contributed by atoms with Crippen molar-refractivity contribution in [2.75, 3.05) is 12.1 Å². The van der Waals surface area contributed by atoms with Crippen LogP contribution in [-0.4, -0.2) is 23.6 Å². The van der Waals surface area contributed by atoms with E-state index in [0.29, 0.717) is 0 Å². The first-order valence-electron chi connectivity index (χ1n) is 4.19. The Kier molecular flexibility index (Phi) is 3.78. The fourth-order valence-electron chi connectivity index (χ4n) is 0.985. The van der Waals surface area contributed by atoms with Crippen LogP contribution < -0.4 is 11.2 Å². The maximum atomic E-state index is 12.8. The lowest BCUT2D eigenvalue weighted by atomic mass is 10.1. The Hall–Kier alpha value is -2.15. The number of aliphatic carboxylic acids is 1. The van der Waals surface area contributed by atoms with Gasteiger partial charge in [0.2, 0.25) is 0 Å². The highest BCUT2D eigenvalue weighted by Crippen LogP contribution is 2.16. The molecule has 1 aromatic carbocycles. The van der Waals surface area contributed by atoms with Crippen molar-refractivity contribution in [3.8, 4) is 0 Å². The number of anilines is 1. The molecule has 16 heavy (non-hydrogen) atoms. The van der Waals surface area contributed by atoms with Crippen LogP contribution in [0, 0.1) is 5.82 Å². The molecule has 0 aliphatic carbocycles. The number of hydrogen-bond donors (Lipinski definition) is 3. The van der Waals surface area contributed by atoms with Gasteiger partial charge in [-0.05, 0) is 18.2 Å². The van der Waals surface area contributed by atoms with Gasteiger partial charge in [-0.15, -0.1) is 0 Å². The van der Waals surface area contributed by atoms with E-state index < -0.39 is 24.3 Å². The molecule has 4 N–H and O–H groups in total. The average molecular weight is 228 g/mol. The first kappa shape index (κ1) is 11.9. The molecule has 1 aromatic rings. The van der Waals surface area contributed by atoms with Crippen molar-refractivity contribution in [2.45, 2.75) is 0 Å². The second kappa shape index (κ2) is 5.08. The monoisotopic (exact) mass is 228 g/mol. The van der Waals surface area contributed by atoms with Crippen LogP contribution in [0.25, 0.3) is 0 Å². The van der Waals surface area contributed by atoms with Gasteiger partial charge < -0.3 is 10.8 Å². The van der Waals surface area contributed by atoms with Gasteiger partial charge in [0.15, 0.2) is 6.61 Å². The van der Waals surface area contributed by atoms with Crippen LogP contribution in [0.15, 0.2) is 18.2 Å². The summed E-state index contributed by atoms with van der Waals surface area (Å²) in [6.07, 6.45) is 0. The largest absolute Gasteiger partial charge is 0.479 e. The normalized spacial score (nSPS) is 9.81. The summed E-state index contributed by atoms with van der Waals surface area (Å²) in [4.78, 5) is 25.6. The quantitative estimate of drug-likeness (QED) is 0.631. The molecule has 0 saturated carbocycles. The summed E-state index contributed by atoms with van der Waals surface area (Å²) in [5, 5.41) is 8.30. The molecule has 0 bridgehead atoms. The van der Waals surface area contributed by atoms with E-state index >= 15 is 0 Å². The van der Waals surface area contributed by atoms with E-state index in [2.05, 4.69) is 10.3 Å². The van der Waals surface area contributed by atoms with Crippen LogP contribution in [0.2, 0.25) is 0 Å². The third-order valence-electron chi connectivity index (χ3n) is 1.62. The smallest absolute Gasteiger partial charge is 0.332 e. The van der Waals surface area contributed by atoms with E-state index in [1.54, 1.807) is 0 Å². The molecular weight excluding hydrogens is 219 g/mol. The lowest BCUT2D eigenvalue weighted by Crippen LogP contribution is -2.17. The van der Waals surface area contributed by atoms with Crippen LogP contribution in [0.1, 0.15) is 10.4 Å². The van der Waals surface area contributed by atoms with E-state index in [9.17, 15) is 14.0 Å². The zero-order valence-electron chi connectivity index (χ0n) is 8.07. The zero-order chi connectivity index (χ0) is 12.1. The maximum Gasteiger partial charge on any atom is 0.332 e.